The summed E-state index contributed by atoms with van der Waals surface area (Å²) in [4.78, 5) is 13.4. The second-order valence-corrected chi connectivity index (χ2v) is 5.27. The maximum Gasteiger partial charge on any atom is 0.219 e. The Hall–Kier alpha value is -1.39. The lowest BCUT2D eigenvalue weighted by atomic mass is 9.85. The van der Waals surface area contributed by atoms with Gasteiger partial charge in [-0.1, -0.05) is 30.3 Å². The highest BCUT2D eigenvalue weighted by Gasteiger charge is 2.31. The van der Waals surface area contributed by atoms with Crippen LogP contribution < -0.4 is 11.5 Å². The number of carbonyl (C=O) groups is 1. The van der Waals surface area contributed by atoms with Crippen LogP contribution in [-0.4, -0.2) is 29.4 Å². The fourth-order valence-electron chi connectivity index (χ4n) is 2.52. The second-order valence-electron chi connectivity index (χ2n) is 5.27. The highest BCUT2D eigenvalue weighted by Crippen LogP contribution is 2.23. The van der Waals surface area contributed by atoms with Crippen molar-refractivity contribution >= 4 is 5.91 Å². The Bertz CT molecular complexity index is 397. The van der Waals surface area contributed by atoms with Crippen molar-refractivity contribution in [1.29, 1.82) is 0 Å². The van der Waals surface area contributed by atoms with Gasteiger partial charge in [0.05, 0.1) is 0 Å². The van der Waals surface area contributed by atoms with E-state index < -0.39 is 0 Å². The number of nitrogens with zero attached hydrogens (tertiary/aromatic N) is 1. The van der Waals surface area contributed by atoms with Crippen molar-refractivity contribution in [3.63, 3.8) is 0 Å². The largest absolute Gasteiger partial charge is 0.370 e. The first-order valence-electron chi connectivity index (χ1n) is 6.41. The van der Waals surface area contributed by atoms with Gasteiger partial charge in [-0.15, -0.1) is 0 Å². The number of primary amides is 1. The van der Waals surface area contributed by atoms with Gasteiger partial charge < -0.3 is 11.5 Å². The molecule has 0 atom stereocenters. The molecule has 1 heterocycles. The molecule has 0 aromatic heterocycles. The Morgan fingerprint density at radius 3 is 2.39 bits per heavy atom. The van der Waals surface area contributed by atoms with Crippen LogP contribution in [-0.2, 0) is 11.3 Å². The molecule has 4 nitrogen and oxygen atoms in total. The molecular weight excluding hydrogens is 226 g/mol. The van der Waals surface area contributed by atoms with E-state index in [0.717, 1.165) is 32.5 Å². The molecular formula is C14H21N3O. The van der Waals surface area contributed by atoms with Gasteiger partial charge in [-0.05, 0) is 18.4 Å². The van der Waals surface area contributed by atoms with Gasteiger partial charge in [0.2, 0.25) is 5.91 Å². The van der Waals surface area contributed by atoms with Crippen molar-refractivity contribution < 1.29 is 4.79 Å². The van der Waals surface area contributed by atoms with Gasteiger partial charge in [0.1, 0.15) is 0 Å². The number of carbonyl (C=O) groups excluding carboxylic acids is 1. The van der Waals surface area contributed by atoms with Crippen molar-refractivity contribution in [3.05, 3.63) is 35.9 Å². The third-order valence-corrected chi connectivity index (χ3v) is 3.63. The van der Waals surface area contributed by atoms with E-state index in [1.807, 2.05) is 6.07 Å². The van der Waals surface area contributed by atoms with E-state index in [0.29, 0.717) is 6.42 Å². The van der Waals surface area contributed by atoms with Crippen LogP contribution in [0.5, 0.6) is 0 Å². The van der Waals surface area contributed by atoms with E-state index in [9.17, 15) is 4.79 Å². The first-order chi connectivity index (χ1) is 8.57. The molecule has 0 saturated carbocycles. The average molecular weight is 247 g/mol. The van der Waals surface area contributed by atoms with Crippen molar-refractivity contribution in [3.8, 4) is 0 Å². The number of hydrogen-bond donors (Lipinski definition) is 2. The van der Waals surface area contributed by atoms with Crippen LogP contribution in [0.25, 0.3) is 0 Å². The Morgan fingerprint density at radius 2 is 1.83 bits per heavy atom. The summed E-state index contributed by atoms with van der Waals surface area (Å²) in [6.45, 7) is 2.81. The van der Waals surface area contributed by atoms with Crippen LogP contribution >= 0.6 is 0 Å². The predicted molar refractivity (Wildman–Crippen MR) is 71.7 cm³/mol. The molecule has 1 aliphatic rings. The van der Waals surface area contributed by atoms with Crippen LogP contribution in [0.15, 0.2) is 30.3 Å². The van der Waals surface area contributed by atoms with Gasteiger partial charge >= 0.3 is 0 Å². The Kier molecular flexibility index (Phi) is 3.99. The first kappa shape index (κ1) is 13.1. The molecule has 2 rings (SSSR count). The number of rotatable bonds is 4. The number of nitrogens with two attached hydrogens (primary N) is 2. The number of likely N-dealkylation sites (tertiary alicyclic amines) is 1. The molecule has 4 heteroatoms. The van der Waals surface area contributed by atoms with Crippen LogP contribution in [0, 0.1) is 0 Å². The van der Waals surface area contributed by atoms with Crippen molar-refractivity contribution in [1.82, 2.24) is 4.90 Å². The predicted octanol–water partition coefficient (Wildman–Crippen LogP) is 0.855. The summed E-state index contributed by atoms with van der Waals surface area (Å²) in [6, 6.07) is 10.4. The van der Waals surface area contributed by atoms with Crippen molar-refractivity contribution in [2.45, 2.75) is 31.3 Å². The molecule has 0 aliphatic carbocycles. The van der Waals surface area contributed by atoms with Crippen molar-refractivity contribution in [2.75, 3.05) is 13.1 Å². The molecule has 0 unspecified atom stereocenters. The average Bonchev–Trinajstić information content (AvgIpc) is 2.33. The Labute approximate surface area is 108 Å². The SMILES string of the molecule is NC(=O)CC1(N)CCN(Cc2ccccc2)CC1. The van der Waals surface area contributed by atoms with Crippen LogP contribution in [0.4, 0.5) is 0 Å². The maximum atomic E-state index is 11.0. The van der Waals surface area contributed by atoms with E-state index >= 15 is 0 Å². The number of hydrogen-bond acceptors (Lipinski definition) is 3. The van der Waals surface area contributed by atoms with Crippen LogP contribution in [0.2, 0.25) is 0 Å². The lowest BCUT2D eigenvalue weighted by Gasteiger charge is -2.38. The summed E-state index contributed by atoms with van der Waals surface area (Å²) in [5.41, 5.74) is 12.3. The zero-order valence-electron chi connectivity index (χ0n) is 10.6. The minimum atomic E-state index is -0.390. The monoisotopic (exact) mass is 247 g/mol. The number of amides is 1. The lowest BCUT2D eigenvalue weighted by molar-refractivity contribution is -0.119. The molecule has 1 aromatic rings. The van der Waals surface area contributed by atoms with Gasteiger partial charge in [-0.25, -0.2) is 0 Å². The third-order valence-electron chi connectivity index (χ3n) is 3.63. The number of piperidine rings is 1. The van der Waals surface area contributed by atoms with E-state index in [4.69, 9.17) is 11.5 Å². The molecule has 98 valence electrons. The van der Waals surface area contributed by atoms with Gasteiger partial charge in [0.15, 0.2) is 0 Å². The summed E-state index contributed by atoms with van der Waals surface area (Å²) in [6.07, 6.45) is 1.97. The summed E-state index contributed by atoms with van der Waals surface area (Å²) in [5, 5.41) is 0. The minimum Gasteiger partial charge on any atom is -0.370 e. The van der Waals surface area contributed by atoms with Crippen molar-refractivity contribution in [2.24, 2.45) is 11.5 Å². The summed E-state index contributed by atoms with van der Waals surface area (Å²) >= 11 is 0. The van der Waals surface area contributed by atoms with E-state index in [1.165, 1.54) is 5.56 Å². The molecule has 1 fully saturated rings. The normalized spacial score (nSPS) is 19.6. The quantitative estimate of drug-likeness (QED) is 0.828. The van der Waals surface area contributed by atoms with E-state index in [1.54, 1.807) is 0 Å². The standard InChI is InChI=1S/C14H21N3O/c15-13(18)10-14(16)6-8-17(9-7-14)11-12-4-2-1-3-5-12/h1-5H,6-11,16H2,(H2,15,18). The van der Waals surface area contributed by atoms with Gasteiger partial charge in [0.25, 0.3) is 0 Å². The fraction of sp³-hybridized carbons (Fsp3) is 0.500. The zero-order chi connectivity index (χ0) is 13.0. The molecule has 0 bridgehead atoms. The van der Waals surface area contributed by atoms with Gasteiger partial charge in [-0.2, -0.15) is 0 Å². The molecule has 0 radical (unpaired) electrons. The zero-order valence-corrected chi connectivity index (χ0v) is 10.6. The molecule has 1 amide bonds. The number of benzene rings is 1. The molecule has 18 heavy (non-hydrogen) atoms. The minimum absolute atomic E-state index is 0.297. The second kappa shape index (κ2) is 5.50. The highest BCUT2D eigenvalue weighted by molar-refractivity contribution is 5.75. The van der Waals surface area contributed by atoms with E-state index in [2.05, 4.69) is 29.2 Å². The highest BCUT2D eigenvalue weighted by atomic mass is 16.1. The first-order valence-corrected chi connectivity index (χ1v) is 6.41. The molecule has 4 N–H and O–H groups in total. The molecule has 1 saturated heterocycles. The third kappa shape index (κ3) is 3.55. The van der Waals surface area contributed by atoms with Gasteiger partial charge in [-0.3, -0.25) is 9.69 Å². The van der Waals surface area contributed by atoms with Crippen LogP contribution in [0.1, 0.15) is 24.8 Å². The van der Waals surface area contributed by atoms with Gasteiger partial charge in [0, 0.05) is 31.6 Å². The van der Waals surface area contributed by atoms with E-state index in [-0.39, 0.29) is 11.4 Å². The molecule has 0 spiro atoms. The smallest absolute Gasteiger partial charge is 0.219 e. The topological polar surface area (TPSA) is 72.3 Å². The molecule has 1 aliphatic heterocycles. The fourth-order valence-corrected chi connectivity index (χ4v) is 2.52. The Morgan fingerprint density at radius 1 is 1.22 bits per heavy atom. The Balaban J connectivity index is 1.85. The van der Waals surface area contributed by atoms with Crippen LogP contribution in [0.3, 0.4) is 0 Å². The maximum absolute atomic E-state index is 11.0. The summed E-state index contributed by atoms with van der Waals surface area (Å²) < 4.78 is 0. The molecule has 1 aromatic carbocycles. The lowest BCUT2D eigenvalue weighted by Crippen LogP contribution is -2.52. The summed E-state index contributed by atoms with van der Waals surface area (Å²) in [5.74, 6) is -0.297. The summed E-state index contributed by atoms with van der Waals surface area (Å²) in [7, 11) is 0.